The highest BCUT2D eigenvalue weighted by Gasteiger charge is 2.10. The first-order valence-corrected chi connectivity index (χ1v) is 12.7. The Labute approximate surface area is 226 Å². The lowest BCUT2D eigenvalue weighted by Crippen LogP contribution is -2.07. The molecule has 0 radical (unpaired) electrons. The van der Waals surface area contributed by atoms with Gasteiger partial charge in [0.15, 0.2) is 0 Å². The summed E-state index contributed by atoms with van der Waals surface area (Å²) in [5.41, 5.74) is 8.15. The highest BCUT2D eigenvalue weighted by atomic mass is 15.4. The van der Waals surface area contributed by atoms with Crippen LogP contribution in [0.4, 0.5) is 29.2 Å². The highest BCUT2D eigenvalue weighted by molar-refractivity contribution is 6.13. The van der Waals surface area contributed by atoms with Crippen molar-refractivity contribution in [1.82, 2.24) is 15.0 Å². The van der Waals surface area contributed by atoms with Gasteiger partial charge in [0.1, 0.15) is 0 Å². The summed E-state index contributed by atoms with van der Waals surface area (Å²) in [6.07, 6.45) is 1.83. The van der Waals surface area contributed by atoms with Crippen LogP contribution in [0.2, 0.25) is 0 Å². The quantitative estimate of drug-likeness (QED) is 0.116. The Morgan fingerprint density at radius 1 is 0.615 bits per heavy atom. The van der Waals surface area contributed by atoms with Gasteiger partial charge in [0, 0.05) is 16.9 Å². The Morgan fingerprint density at radius 2 is 1.23 bits per heavy atom. The Kier molecular flexibility index (Phi) is 6.53. The Morgan fingerprint density at radius 3 is 1.92 bits per heavy atom. The number of hydrogen-bond donors (Lipinski definition) is 3. The molecule has 190 valence electrons. The molecule has 0 aliphatic rings. The summed E-state index contributed by atoms with van der Waals surface area (Å²) in [5.74, 6) is 1.12. The van der Waals surface area contributed by atoms with E-state index in [4.69, 9.17) is 0 Å². The maximum Gasteiger partial charge on any atom is 0.250 e. The third-order valence-corrected chi connectivity index (χ3v) is 6.46. The molecule has 5 aromatic carbocycles. The summed E-state index contributed by atoms with van der Waals surface area (Å²) >= 11 is 0. The van der Waals surface area contributed by atoms with Gasteiger partial charge < -0.3 is 10.6 Å². The van der Waals surface area contributed by atoms with Crippen molar-refractivity contribution in [2.24, 2.45) is 5.10 Å². The first-order valence-electron chi connectivity index (χ1n) is 12.7. The second kappa shape index (κ2) is 10.6. The normalized spacial score (nSPS) is 11.2. The number of fused-ring (bicyclic) bond motifs is 2. The summed E-state index contributed by atoms with van der Waals surface area (Å²) in [6.45, 7) is 4.12. The number of rotatable bonds is 7. The fourth-order valence-electron chi connectivity index (χ4n) is 4.61. The van der Waals surface area contributed by atoms with Crippen LogP contribution in [0.15, 0.2) is 108 Å². The number of benzene rings is 5. The lowest BCUT2D eigenvalue weighted by molar-refractivity contribution is 1.04. The summed E-state index contributed by atoms with van der Waals surface area (Å²) in [4.78, 5) is 13.8. The van der Waals surface area contributed by atoms with Crippen LogP contribution >= 0.6 is 0 Å². The first-order chi connectivity index (χ1) is 19.1. The number of para-hydroxylation sites is 1. The van der Waals surface area contributed by atoms with E-state index >= 15 is 0 Å². The van der Waals surface area contributed by atoms with Crippen molar-refractivity contribution in [3.63, 3.8) is 0 Å². The number of aromatic nitrogens is 3. The molecule has 0 atom stereocenters. The highest BCUT2D eigenvalue weighted by Crippen LogP contribution is 2.27. The molecule has 39 heavy (non-hydrogen) atoms. The van der Waals surface area contributed by atoms with Crippen molar-refractivity contribution in [2.75, 3.05) is 16.1 Å². The molecule has 1 aromatic heterocycles. The summed E-state index contributed by atoms with van der Waals surface area (Å²) in [7, 11) is 0. The van der Waals surface area contributed by atoms with Crippen LogP contribution in [0.1, 0.15) is 16.7 Å². The molecule has 0 spiro atoms. The monoisotopic (exact) mass is 509 g/mol. The second-order valence-corrected chi connectivity index (χ2v) is 9.34. The van der Waals surface area contributed by atoms with Gasteiger partial charge in [0.2, 0.25) is 17.8 Å². The van der Waals surface area contributed by atoms with Gasteiger partial charge in [-0.2, -0.15) is 20.1 Å². The van der Waals surface area contributed by atoms with Gasteiger partial charge in [0.25, 0.3) is 0 Å². The average Bonchev–Trinajstić information content (AvgIpc) is 2.95. The van der Waals surface area contributed by atoms with E-state index in [2.05, 4.69) is 92.4 Å². The predicted octanol–water partition coefficient (Wildman–Crippen LogP) is 7.73. The van der Waals surface area contributed by atoms with Crippen LogP contribution in [-0.2, 0) is 0 Å². The lowest BCUT2D eigenvalue weighted by atomic mass is 9.97. The molecule has 0 fully saturated rings. The molecule has 0 amide bonds. The minimum Gasteiger partial charge on any atom is -0.324 e. The van der Waals surface area contributed by atoms with Gasteiger partial charge >= 0.3 is 0 Å². The van der Waals surface area contributed by atoms with E-state index in [1.807, 2.05) is 66.9 Å². The zero-order valence-electron chi connectivity index (χ0n) is 21.7. The molecule has 0 saturated heterocycles. The van der Waals surface area contributed by atoms with E-state index < -0.39 is 0 Å². The third-order valence-electron chi connectivity index (χ3n) is 6.46. The minimum absolute atomic E-state index is 0.316. The van der Waals surface area contributed by atoms with E-state index in [0.29, 0.717) is 17.8 Å². The lowest BCUT2D eigenvalue weighted by Gasteiger charge is -2.12. The second-order valence-electron chi connectivity index (χ2n) is 9.34. The van der Waals surface area contributed by atoms with Crippen molar-refractivity contribution < 1.29 is 0 Å². The fourth-order valence-corrected chi connectivity index (χ4v) is 4.61. The SMILES string of the molecule is Cc1ccc(Nc2nc(N/N=C/c3c4ccccc4cc4ccccc34)nc(Nc3ccccc3)n2)c(C)c1. The maximum absolute atomic E-state index is 4.60. The van der Waals surface area contributed by atoms with E-state index in [0.717, 1.165) is 44.0 Å². The fraction of sp³-hybridized carbons (Fsp3) is 0.0625. The van der Waals surface area contributed by atoms with Gasteiger partial charge in [-0.3, -0.25) is 0 Å². The molecule has 0 unspecified atom stereocenters. The van der Waals surface area contributed by atoms with Crippen LogP contribution in [0.3, 0.4) is 0 Å². The van der Waals surface area contributed by atoms with Crippen LogP contribution in [0, 0.1) is 13.8 Å². The van der Waals surface area contributed by atoms with Crippen LogP contribution in [0.25, 0.3) is 21.5 Å². The standard InChI is InChI=1S/C32H27N7/c1-21-16-17-29(22(2)18-21)35-31-36-30(34-25-12-4-3-5-13-25)37-32(38-31)39-33-20-28-26-14-8-6-10-23(26)19-24-11-7-9-15-27(24)28/h3-20H,1-2H3,(H3,34,35,36,37,38,39)/b33-20+. The van der Waals surface area contributed by atoms with Gasteiger partial charge in [0.05, 0.1) is 6.21 Å². The van der Waals surface area contributed by atoms with E-state index in [1.54, 1.807) is 0 Å². The smallest absolute Gasteiger partial charge is 0.250 e. The first kappa shape index (κ1) is 24.1. The van der Waals surface area contributed by atoms with Crippen molar-refractivity contribution in [3.05, 3.63) is 120 Å². The zero-order chi connectivity index (χ0) is 26.6. The van der Waals surface area contributed by atoms with E-state index in [1.165, 1.54) is 5.56 Å². The van der Waals surface area contributed by atoms with Crippen molar-refractivity contribution >= 4 is 57.0 Å². The Balaban J connectivity index is 1.35. The Hall–Kier alpha value is -5.30. The predicted molar refractivity (Wildman–Crippen MR) is 161 cm³/mol. The molecule has 6 rings (SSSR count). The summed E-state index contributed by atoms with van der Waals surface area (Å²) in [5, 5.41) is 15.7. The van der Waals surface area contributed by atoms with E-state index in [-0.39, 0.29) is 0 Å². The van der Waals surface area contributed by atoms with E-state index in [9.17, 15) is 0 Å². The third kappa shape index (κ3) is 5.38. The molecule has 0 aliphatic carbocycles. The molecule has 1 heterocycles. The largest absolute Gasteiger partial charge is 0.324 e. The summed E-state index contributed by atoms with van der Waals surface area (Å²) < 4.78 is 0. The zero-order valence-corrected chi connectivity index (χ0v) is 21.7. The number of nitrogens with one attached hydrogen (secondary N) is 3. The van der Waals surface area contributed by atoms with Gasteiger partial charge in [-0.1, -0.05) is 84.4 Å². The number of hydrazone groups is 1. The average molecular weight is 510 g/mol. The molecule has 0 aliphatic heterocycles. The van der Waals surface area contributed by atoms with Gasteiger partial charge in [-0.25, -0.2) is 5.43 Å². The van der Waals surface area contributed by atoms with Crippen molar-refractivity contribution in [3.8, 4) is 0 Å². The number of aryl methyl sites for hydroxylation is 2. The van der Waals surface area contributed by atoms with Crippen LogP contribution in [0.5, 0.6) is 0 Å². The van der Waals surface area contributed by atoms with Crippen LogP contribution in [-0.4, -0.2) is 21.2 Å². The molecule has 7 heteroatoms. The molecule has 6 aromatic rings. The van der Waals surface area contributed by atoms with Crippen LogP contribution < -0.4 is 16.1 Å². The Bertz CT molecular complexity index is 1760. The molecular formula is C32H27N7. The van der Waals surface area contributed by atoms with Crippen molar-refractivity contribution in [2.45, 2.75) is 13.8 Å². The molecule has 7 nitrogen and oxygen atoms in total. The number of anilines is 5. The molecular weight excluding hydrogens is 482 g/mol. The van der Waals surface area contributed by atoms with Gasteiger partial charge in [-0.05, 0) is 65.2 Å². The molecule has 3 N–H and O–H groups in total. The number of nitrogens with zero attached hydrogens (tertiary/aromatic N) is 4. The topological polar surface area (TPSA) is 87.1 Å². The summed E-state index contributed by atoms with van der Waals surface area (Å²) in [6, 6.07) is 34.8. The maximum atomic E-state index is 4.60. The minimum atomic E-state index is 0.316. The molecule has 0 bridgehead atoms. The number of hydrogen-bond acceptors (Lipinski definition) is 7. The van der Waals surface area contributed by atoms with Crippen molar-refractivity contribution in [1.29, 1.82) is 0 Å². The van der Waals surface area contributed by atoms with Gasteiger partial charge in [-0.15, -0.1) is 0 Å². The molecule has 0 saturated carbocycles.